The molecule has 0 saturated heterocycles. The zero-order chi connectivity index (χ0) is 12.3. The van der Waals surface area contributed by atoms with Gasteiger partial charge in [-0.15, -0.1) is 0 Å². The zero-order valence-corrected chi connectivity index (χ0v) is 11.3. The molecule has 0 fully saturated rings. The van der Waals surface area contributed by atoms with Crippen molar-refractivity contribution in [3.8, 4) is 0 Å². The minimum Gasteiger partial charge on any atom is -0.259 e. The third-order valence-electron chi connectivity index (χ3n) is 2.35. The van der Waals surface area contributed by atoms with Crippen LogP contribution < -0.4 is 0 Å². The molecule has 0 amide bonds. The normalized spacial score (nSPS) is 10.8. The first-order valence-electron chi connectivity index (χ1n) is 5.40. The topological polar surface area (TPSA) is 25.8 Å². The van der Waals surface area contributed by atoms with Crippen LogP contribution in [0.15, 0.2) is 46.6 Å². The second-order valence-corrected chi connectivity index (χ2v) is 5.49. The van der Waals surface area contributed by atoms with Gasteiger partial charge in [-0.2, -0.15) is 0 Å². The Morgan fingerprint density at radius 1 is 1.12 bits per heavy atom. The smallest absolute Gasteiger partial charge is 0.148 e. The van der Waals surface area contributed by atoms with E-state index in [-0.39, 0.29) is 0 Å². The molecule has 0 saturated carbocycles. The lowest BCUT2D eigenvalue weighted by Gasteiger charge is -2.06. The maximum absolute atomic E-state index is 5.79. The molecule has 0 spiro atoms. The van der Waals surface area contributed by atoms with Crippen LogP contribution in [0.3, 0.4) is 0 Å². The van der Waals surface area contributed by atoms with Crippen molar-refractivity contribution in [1.82, 2.24) is 9.97 Å². The Bertz CT molecular complexity index is 497. The predicted molar refractivity (Wildman–Crippen MR) is 71.7 cm³/mol. The number of hydrogen-bond acceptors (Lipinski definition) is 3. The van der Waals surface area contributed by atoms with Gasteiger partial charge >= 0.3 is 0 Å². The lowest BCUT2D eigenvalue weighted by Crippen LogP contribution is -1.87. The molecule has 0 aliphatic heterocycles. The summed E-state index contributed by atoms with van der Waals surface area (Å²) in [6.07, 6.45) is 3.25. The fraction of sp³-hybridized carbons (Fsp3) is 0.231. The van der Waals surface area contributed by atoms with Gasteiger partial charge in [-0.1, -0.05) is 49.3 Å². The molecule has 88 valence electrons. The van der Waals surface area contributed by atoms with Crippen LogP contribution in [0, 0.1) is 0 Å². The van der Waals surface area contributed by atoms with Gasteiger partial charge in [0.1, 0.15) is 10.2 Å². The number of rotatable bonds is 3. The van der Waals surface area contributed by atoms with Crippen molar-refractivity contribution in [2.24, 2.45) is 0 Å². The van der Waals surface area contributed by atoms with Gasteiger partial charge in [-0.25, -0.2) is 4.98 Å². The first-order chi connectivity index (χ1) is 8.15. The van der Waals surface area contributed by atoms with Gasteiger partial charge in [0.25, 0.3) is 0 Å². The second kappa shape index (κ2) is 5.52. The minimum absolute atomic E-state index is 0.425. The zero-order valence-electron chi connectivity index (χ0n) is 9.72. The molecule has 4 heteroatoms. The summed E-state index contributed by atoms with van der Waals surface area (Å²) in [5.74, 6) is 0.556. The van der Waals surface area contributed by atoms with Crippen LogP contribution in [-0.2, 0) is 0 Å². The van der Waals surface area contributed by atoms with Crippen LogP contribution in [0.4, 0.5) is 0 Å². The van der Waals surface area contributed by atoms with Crippen molar-refractivity contribution in [2.45, 2.75) is 29.7 Å². The molecular formula is C13H13ClN2S. The molecule has 2 aromatic rings. The van der Waals surface area contributed by atoms with Crippen LogP contribution >= 0.6 is 23.4 Å². The minimum atomic E-state index is 0.425. The molecule has 1 aromatic carbocycles. The van der Waals surface area contributed by atoms with E-state index in [9.17, 15) is 0 Å². The summed E-state index contributed by atoms with van der Waals surface area (Å²) in [4.78, 5) is 9.35. The Morgan fingerprint density at radius 3 is 2.41 bits per heavy atom. The molecule has 0 N–H and O–H groups in total. The SMILES string of the molecule is CC(C)c1ccc(Sc2cncc(Cl)n2)cc1. The van der Waals surface area contributed by atoms with Gasteiger partial charge in [0, 0.05) is 4.90 Å². The molecule has 1 aromatic heterocycles. The average molecular weight is 265 g/mol. The summed E-state index contributed by atoms with van der Waals surface area (Å²) in [6, 6.07) is 8.49. The van der Waals surface area contributed by atoms with E-state index in [0.717, 1.165) is 9.92 Å². The maximum atomic E-state index is 5.79. The van der Waals surface area contributed by atoms with Crippen LogP contribution in [0.25, 0.3) is 0 Å². The largest absolute Gasteiger partial charge is 0.259 e. The highest BCUT2D eigenvalue weighted by atomic mass is 35.5. The van der Waals surface area contributed by atoms with E-state index in [1.165, 1.54) is 11.8 Å². The van der Waals surface area contributed by atoms with Crippen molar-refractivity contribution in [2.75, 3.05) is 0 Å². The Hall–Kier alpha value is -1.06. The fourth-order valence-corrected chi connectivity index (χ4v) is 2.38. The highest BCUT2D eigenvalue weighted by Crippen LogP contribution is 2.27. The van der Waals surface area contributed by atoms with Gasteiger partial charge in [-0.3, -0.25) is 4.98 Å². The van der Waals surface area contributed by atoms with E-state index in [1.807, 2.05) is 0 Å². The predicted octanol–water partition coefficient (Wildman–Crippen LogP) is 4.40. The van der Waals surface area contributed by atoms with Crippen LogP contribution in [0.5, 0.6) is 0 Å². The molecule has 0 aliphatic carbocycles. The Kier molecular flexibility index (Phi) is 4.02. The molecule has 0 aliphatic rings. The molecule has 1 heterocycles. The van der Waals surface area contributed by atoms with Gasteiger partial charge in [-0.05, 0) is 23.6 Å². The number of benzene rings is 1. The van der Waals surface area contributed by atoms with Gasteiger partial charge in [0.15, 0.2) is 0 Å². The molecule has 0 unspecified atom stereocenters. The molecule has 17 heavy (non-hydrogen) atoms. The van der Waals surface area contributed by atoms with E-state index in [2.05, 4.69) is 48.1 Å². The van der Waals surface area contributed by atoms with Crippen molar-refractivity contribution in [3.63, 3.8) is 0 Å². The van der Waals surface area contributed by atoms with E-state index >= 15 is 0 Å². The van der Waals surface area contributed by atoms with Crippen molar-refractivity contribution >= 4 is 23.4 Å². The first kappa shape index (κ1) is 12.4. The standard InChI is InChI=1S/C13H13ClN2S/c1-9(2)10-3-5-11(6-4-10)17-13-8-15-7-12(14)16-13/h3-9H,1-2H3. The van der Waals surface area contributed by atoms with Crippen LogP contribution in [0.1, 0.15) is 25.3 Å². The summed E-state index contributed by atoms with van der Waals surface area (Å²) >= 11 is 7.36. The quantitative estimate of drug-likeness (QED) is 0.822. The van der Waals surface area contributed by atoms with E-state index < -0.39 is 0 Å². The first-order valence-corrected chi connectivity index (χ1v) is 6.60. The third kappa shape index (κ3) is 3.45. The Balaban J connectivity index is 2.14. The summed E-state index contributed by atoms with van der Waals surface area (Å²) in [5.41, 5.74) is 1.34. The monoisotopic (exact) mass is 264 g/mol. The lowest BCUT2D eigenvalue weighted by atomic mass is 10.0. The molecular weight excluding hydrogens is 252 g/mol. The summed E-state index contributed by atoms with van der Waals surface area (Å²) in [6.45, 7) is 4.37. The molecule has 0 bridgehead atoms. The summed E-state index contributed by atoms with van der Waals surface area (Å²) in [7, 11) is 0. The number of aromatic nitrogens is 2. The van der Waals surface area contributed by atoms with E-state index in [1.54, 1.807) is 18.0 Å². The highest BCUT2D eigenvalue weighted by molar-refractivity contribution is 7.99. The third-order valence-corrected chi connectivity index (χ3v) is 3.45. The summed E-state index contributed by atoms with van der Waals surface area (Å²) in [5, 5.41) is 1.24. The van der Waals surface area contributed by atoms with Gasteiger partial charge in [0.05, 0.1) is 12.4 Å². The Morgan fingerprint density at radius 2 is 1.82 bits per heavy atom. The van der Waals surface area contributed by atoms with E-state index in [4.69, 9.17) is 11.6 Å². The molecule has 2 rings (SSSR count). The molecule has 0 atom stereocenters. The van der Waals surface area contributed by atoms with Gasteiger partial charge < -0.3 is 0 Å². The lowest BCUT2D eigenvalue weighted by molar-refractivity contribution is 0.865. The number of halogens is 1. The van der Waals surface area contributed by atoms with Crippen molar-refractivity contribution in [3.05, 3.63) is 47.4 Å². The number of hydrogen-bond donors (Lipinski definition) is 0. The second-order valence-electron chi connectivity index (χ2n) is 4.01. The Labute approximate surface area is 110 Å². The van der Waals surface area contributed by atoms with Gasteiger partial charge in [0.2, 0.25) is 0 Å². The van der Waals surface area contributed by atoms with Crippen molar-refractivity contribution < 1.29 is 0 Å². The summed E-state index contributed by atoms with van der Waals surface area (Å²) < 4.78 is 0. The van der Waals surface area contributed by atoms with E-state index in [0.29, 0.717) is 11.1 Å². The fourth-order valence-electron chi connectivity index (χ4n) is 1.42. The average Bonchev–Trinajstić information content (AvgIpc) is 2.29. The molecule has 2 nitrogen and oxygen atoms in total. The maximum Gasteiger partial charge on any atom is 0.148 e. The van der Waals surface area contributed by atoms with Crippen LogP contribution in [0.2, 0.25) is 5.15 Å². The highest BCUT2D eigenvalue weighted by Gasteiger charge is 2.02. The van der Waals surface area contributed by atoms with Crippen molar-refractivity contribution in [1.29, 1.82) is 0 Å². The van der Waals surface area contributed by atoms with Crippen LogP contribution in [-0.4, -0.2) is 9.97 Å². The number of nitrogens with zero attached hydrogens (tertiary/aromatic N) is 2. The molecule has 0 radical (unpaired) electrons.